The summed E-state index contributed by atoms with van der Waals surface area (Å²) in [4.78, 5) is 45.9. The Bertz CT molecular complexity index is 1320. The maximum Gasteiger partial charge on any atom is 0.416 e. The Balaban J connectivity index is 1.52. The Morgan fingerprint density at radius 3 is 2.22 bits per heavy atom. The number of nitro benzene ring substituents is 1. The Morgan fingerprint density at radius 2 is 1.61 bits per heavy atom. The number of nitro groups is 1. The molecule has 0 saturated carbocycles. The van der Waals surface area contributed by atoms with Crippen LogP contribution in [0.5, 0.6) is 5.75 Å². The van der Waals surface area contributed by atoms with E-state index in [4.69, 9.17) is 4.74 Å². The van der Waals surface area contributed by atoms with Crippen molar-refractivity contribution in [2.24, 2.45) is 5.10 Å². The maximum absolute atomic E-state index is 12.7. The number of esters is 1. The van der Waals surface area contributed by atoms with Gasteiger partial charge in [-0.3, -0.25) is 19.7 Å². The zero-order chi connectivity index (χ0) is 26.3. The molecule has 0 saturated heterocycles. The summed E-state index contributed by atoms with van der Waals surface area (Å²) in [5, 5.41) is 16.3. The van der Waals surface area contributed by atoms with Gasteiger partial charge in [0.1, 0.15) is 5.75 Å². The van der Waals surface area contributed by atoms with E-state index in [0.29, 0.717) is 11.6 Å². The van der Waals surface area contributed by atoms with Crippen molar-refractivity contribution in [2.45, 2.75) is 6.18 Å². The predicted octanol–water partition coefficient (Wildman–Crippen LogP) is 3.92. The third-order valence-corrected chi connectivity index (χ3v) is 4.44. The van der Waals surface area contributed by atoms with E-state index in [9.17, 15) is 37.7 Å². The maximum atomic E-state index is 12.7. The number of amides is 2. The molecule has 3 rings (SSSR count). The second-order valence-corrected chi connectivity index (χ2v) is 6.99. The quantitative estimate of drug-likeness (QED) is 0.131. The van der Waals surface area contributed by atoms with Crippen LogP contribution in [0.15, 0.2) is 77.9 Å². The molecule has 36 heavy (non-hydrogen) atoms. The number of carbonyl (C=O) groups excluding carboxylic acids is 3. The third kappa shape index (κ3) is 6.96. The van der Waals surface area contributed by atoms with Crippen LogP contribution >= 0.6 is 0 Å². The molecule has 2 N–H and O–H groups in total. The summed E-state index contributed by atoms with van der Waals surface area (Å²) < 4.78 is 43.4. The van der Waals surface area contributed by atoms with Gasteiger partial charge in [-0.05, 0) is 60.2 Å². The van der Waals surface area contributed by atoms with E-state index in [1.807, 2.05) is 10.7 Å². The number of halogens is 3. The number of carbonyl (C=O) groups is 3. The van der Waals surface area contributed by atoms with Gasteiger partial charge >= 0.3 is 24.0 Å². The van der Waals surface area contributed by atoms with Crippen LogP contribution in [0.1, 0.15) is 21.5 Å². The Labute approximate surface area is 200 Å². The lowest BCUT2D eigenvalue weighted by Gasteiger charge is -2.09. The highest BCUT2D eigenvalue weighted by Crippen LogP contribution is 2.30. The summed E-state index contributed by atoms with van der Waals surface area (Å²) in [5.41, 5.74) is 1.12. The van der Waals surface area contributed by atoms with Crippen molar-refractivity contribution < 1.29 is 37.2 Å². The molecule has 0 radical (unpaired) electrons. The first-order valence-corrected chi connectivity index (χ1v) is 9.91. The minimum Gasteiger partial charge on any atom is -0.423 e. The van der Waals surface area contributed by atoms with Gasteiger partial charge < -0.3 is 10.1 Å². The number of non-ortho nitro benzene ring substituents is 1. The molecular weight excluding hydrogens is 485 g/mol. The zero-order valence-electron chi connectivity index (χ0n) is 18.0. The fraction of sp³-hybridized carbons (Fsp3) is 0.0435. The molecule has 0 heterocycles. The van der Waals surface area contributed by atoms with Gasteiger partial charge in [-0.2, -0.15) is 18.3 Å². The SMILES string of the molecule is O=C(N/N=C/c1ccc(OC(=O)c2ccc([N+](=O)[O-])cc2)cc1)C(=O)Nc1cccc(C(F)(F)F)c1. The number of rotatable bonds is 6. The van der Waals surface area contributed by atoms with E-state index < -0.39 is 34.4 Å². The van der Waals surface area contributed by atoms with E-state index in [2.05, 4.69) is 5.10 Å². The summed E-state index contributed by atoms with van der Waals surface area (Å²) in [7, 11) is 0. The number of anilines is 1. The highest BCUT2D eigenvalue weighted by Gasteiger charge is 2.30. The first-order chi connectivity index (χ1) is 17.0. The van der Waals surface area contributed by atoms with Gasteiger partial charge in [-0.25, -0.2) is 10.2 Å². The van der Waals surface area contributed by atoms with Crippen LogP contribution in [0.3, 0.4) is 0 Å². The van der Waals surface area contributed by atoms with Crippen molar-refractivity contribution in [3.05, 3.63) is 99.6 Å². The molecule has 10 nitrogen and oxygen atoms in total. The molecule has 3 aromatic carbocycles. The van der Waals surface area contributed by atoms with Crippen molar-refractivity contribution in [1.29, 1.82) is 0 Å². The molecule has 0 bridgehead atoms. The fourth-order valence-corrected chi connectivity index (χ4v) is 2.68. The number of hydrogen-bond donors (Lipinski definition) is 2. The average Bonchev–Trinajstić information content (AvgIpc) is 2.84. The van der Waals surface area contributed by atoms with Gasteiger partial charge in [-0.1, -0.05) is 6.07 Å². The number of hydrazone groups is 1. The second-order valence-electron chi connectivity index (χ2n) is 6.99. The summed E-state index contributed by atoms with van der Waals surface area (Å²) in [6, 6.07) is 14.5. The van der Waals surface area contributed by atoms with E-state index in [1.54, 1.807) is 0 Å². The van der Waals surface area contributed by atoms with Crippen LogP contribution < -0.4 is 15.5 Å². The Kier molecular flexibility index (Phi) is 7.74. The molecule has 2 amide bonds. The molecule has 0 unspecified atom stereocenters. The van der Waals surface area contributed by atoms with Gasteiger partial charge in [0, 0.05) is 17.8 Å². The number of benzene rings is 3. The highest BCUT2D eigenvalue weighted by molar-refractivity contribution is 6.39. The minimum absolute atomic E-state index is 0.109. The Morgan fingerprint density at radius 1 is 0.944 bits per heavy atom. The largest absolute Gasteiger partial charge is 0.423 e. The van der Waals surface area contributed by atoms with Crippen LogP contribution in [-0.2, 0) is 15.8 Å². The molecule has 0 fully saturated rings. The van der Waals surface area contributed by atoms with Gasteiger partial charge in [0.15, 0.2) is 0 Å². The van der Waals surface area contributed by atoms with Crippen LogP contribution in [0.4, 0.5) is 24.5 Å². The van der Waals surface area contributed by atoms with Crippen molar-refractivity contribution in [1.82, 2.24) is 5.43 Å². The molecule has 0 aromatic heterocycles. The highest BCUT2D eigenvalue weighted by atomic mass is 19.4. The Hall–Kier alpha value is -5.07. The normalized spacial score (nSPS) is 11.1. The van der Waals surface area contributed by atoms with Gasteiger partial charge in [0.05, 0.1) is 22.3 Å². The van der Waals surface area contributed by atoms with E-state index in [-0.39, 0.29) is 22.7 Å². The molecule has 0 aliphatic carbocycles. The van der Waals surface area contributed by atoms with Gasteiger partial charge in [-0.15, -0.1) is 0 Å². The van der Waals surface area contributed by atoms with Crippen molar-refractivity contribution >= 4 is 35.4 Å². The molecule has 3 aromatic rings. The lowest BCUT2D eigenvalue weighted by atomic mass is 10.2. The predicted molar refractivity (Wildman–Crippen MR) is 120 cm³/mol. The topological polar surface area (TPSA) is 140 Å². The monoisotopic (exact) mass is 500 g/mol. The fourth-order valence-electron chi connectivity index (χ4n) is 2.68. The lowest BCUT2D eigenvalue weighted by molar-refractivity contribution is -0.384. The van der Waals surface area contributed by atoms with E-state index in [1.165, 1.54) is 60.8 Å². The average molecular weight is 500 g/mol. The van der Waals surface area contributed by atoms with Crippen molar-refractivity contribution in [3.63, 3.8) is 0 Å². The van der Waals surface area contributed by atoms with Crippen LogP contribution in [0, 0.1) is 10.1 Å². The molecule has 184 valence electrons. The van der Waals surface area contributed by atoms with E-state index >= 15 is 0 Å². The summed E-state index contributed by atoms with van der Waals surface area (Å²) >= 11 is 0. The standard InChI is InChI=1S/C23H15F3N4O6/c24-23(25,26)16-2-1-3-17(12-16)28-20(31)21(32)29-27-13-14-4-10-19(11-5-14)36-22(33)15-6-8-18(9-7-15)30(34)35/h1-13H,(H,28,31)(H,29,32)/b27-13+. The third-order valence-electron chi connectivity index (χ3n) is 4.44. The number of alkyl halides is 3. The molecule has 0 spiro atoms. The summed E-state index contributed by atoms with van der Waals surface area (Å²) in [5.74, 6) is -3.00. The molecular formula is C23H15F3N4O6. The zero-order valence-corrected chi connectivity index (χ0v) is 18.0. The number of nitrogens with zero attached hydrogens (tertiary/aromatic N) is 2. The van der Waals surface area contributed by atoms with Crippen LogP contribution in [0.25, 0.3) is 0 Å². The van der Waals surface area contributed by atoms with Gasteiger partial charge in [0.2, 0.25) is 0 Å². The number of nitrogens with one attached hydrogen (secondary N) is 2. The first-order valence-electron chi connectivity index (χ1n) is 9.91. The second kappa shape index (κ2) is 10.9. The van der Waals surface area contributed by atoms with Gasteiger partial charge in [0.25, 0.3) is 5.69 Å². The first kappa shape index (κ1) is 25.6. The number of ether oxygens (including phenoxy) is 1. The van der Waals surface area contributed by atoms with Crippen LogP contribution in [0.2, 0.25) is 0 Å². The smallest absolute Gasteiger partial charge is 0.416 e. The number of hydrogen-bond acceptors (Lipinski definition) is 7. The van der Waals surface area contributed by atoms with Crippen molar-refractivity contribution in [3.8, 4) is 5.75 Å². The lowest BCUT2D eigenvalue weighted by Crippen LogP contribution is -2.32. The minimum atomic E-state index is -4.61. The molecule has 0 atom stereocenters. The molecule has 13 heteroatoms. The molecule has 0 aliphatic heterocycles. The van der Waals surface area contributed by atoms with Crippen molar-refractivity contribution in [2.75, 3.05) is 5.32 Å². The van der Waals surface area contributed by atoms with Crippen LogP contribution in [-0.4, -0.2) is 28.9 Å². The summed E-state index contributed by atoms with van der Waals surface area (Å²) in [6.07, 6.45) is -3.43. The molecule has 0 aliphatic rings. The van der Waals surface area contributed by atoms with E-state index in [0.717, 1.165) is 12.1 Å². The summed E-state index contributed by atoms with van der Waals surface area (Å²) in [6.45, 7) is 0.